The Balaban J connectivity index is 0.000000799. The van der Waals surface area contributed by atoms with Gasteiger partial charge in [-0.25, -0.2) is 4.98 Å². The fourth-order valence-electron chi connectivity index (χ4n) is 7.33. The van der Waals surface area contributed by atoms with Crippen LogP contribution in [-0.4, -0.2) is 18.7 Å². The molecule has 0 unspecified atom stereocenters. The number of pyridine rings is 1. The number of rotatable bonds is 5. The largest absolute Gasteiger partial charge is 0.309 e. The average Bonchev–Trinajstić information content (AvgIpc) is 3.75. The van der Waals surface area contributed by atoms with E-state index < -0.39 is 0 Å². The van der Waals surface area contributed by atoms with E-state index in [1.807, 2.05) is 0 Å². The molecule has 4 heterocycles. The fraction of sp³-hybridized carbons (Fsp3) is 0.159. The van der Waals surface area contributed by atoms with Crippen molar-refractivity contribution in [3.8, 4) is 17.3 Å². The van der Waals surface area contributed by atoms with Gasteiger partial charge in [-0.3, -0.25) is 9.13 Å². The average molecular weight is 625 g/mol. The minimum Gasteiger partial charge on any atom is -0.309 e. The number of para-hydroxylation sites is 4. The van der Waals surface area contributed by atoms with Crippen molar-refractivity contribution in [3.05, 3.63) is 145 Å². The maximum absolute atomic E-state index is 5.38. The molecule has 0 bridgehead atoms. The molecule has 4 nitrogen and oxygen atoms in total. The maximum atomic E-state index is 5.38. The summed E-state index contributed by atoms with van der Waals surface area (Å²) in [6.07, 6.45) is 3.57. The first-order valence-electron chi connectivity index (χ1n) is 17.2. The quantitative estimate of drug-likeness (QED) is 0.187. The van der Waals surface area contributed by atoms with E-state index in [0.717, 1.165) is 34.8 Å². The Kier molecular flexibility index (Phi) is 7.57. The lowest BCUT2D eigenvalue weighted by Gasteiger charge is -2.13. The number of fused-ring (bicyclic) bond motifs is 7. The van der Waals surface area contributed by atoms with Crippen LogP contribution in [0.2, 0.25) is 0 Å². The van der Waals surface area contributed by atoms with E-state index in [4.69, 9.17) is 4.98 Å². The SMILES string of the molecule is CCCC.CCc1c(C)c2ccccc2n1-c1cccc(-n2c3ccccc3c3cc4c5ccccc5n(-c5ccccc5)c4cc32)n1. The number of hydrogen-bond donors (Lipinski definition) is 0. The Labute approximate surface area is 281 Å². The molecule has 48 heavy (non-hydrogen) atoms. The van der Waals surface area contributed by atoms with E-state index >= 15 is 0 Å². The first kappa shape index (κ1) is 29.8. The van der Waals surface area contributed by atoms with E-state index in [-0.39, 0.29) is 0 Å². The van der Waals surface area contributed by atoms with Gasteiger partial charge in [0, 0.05) is 38.3 Å². The van der Waals surface area contributed by atoms with E-state index in [1.54, 1.807) is 0 Å². The van der Waals surface area contributed by atoms with Crippen molar-refractivity contribution in [2.45, 2.75) is 47.0 Å². The van der Waals surface area contributed by atoms with E-state index in [1.165, 1.54) is 67.6 Å². The predicted octanol–water partition coefficient (Wildman–Crippen LogP) is 11.9. The van der Waals surface area contributed by atoms with Gasteiger partial charge in [-0.05, 0) is 73.5 Å². The van der Waals surface area contributed by atoms with Crippen molar-refractivity contribution >= 4 is 54.5 Å². The summed E-state index contributed by atoms with van der Waals surface area (Å²) in [5, 5.41) is 6.25. The second kappa shape index (κ2) is 12.2. The van der Waals surface area contributed by atoms with Gasteiger partial charge in [-0.15, -0.1) is 0 Å². The van der Waals surface area contributed by atoms with Crippen molar-refractivity contribution in [3.63, 3.8) is 0 Å². The molecule has 0 fully saturated rings. The van der Waals surface area contributed by atoms with E-state index in [0.29, 0.717) is 0 Å². The molecular formula is C44H40N4. The standard InChI is InChI=1S/C40H30N4.C4H10/c1-3-33-26(2)28-16-7-10-19-34(28)43(33)39-22-13-23-40(41-39)44-36-21-12-9-18-30(36)32-24-31-29-17-8-11-20-35(29)42(37(31)25-38(32)44)27-14-5-4-6-15-27;1-3-4-2/h4-25H,3H2,1-2H3;3-4H2,1-2H3. The van der Waals surface area contributed by atoms with Gasteiger partial charge >= 0.3 is 0 Å². The van der Waals surface area contributed by atoms with Gasteiger partial charge in [0.05, 0.1) is 27.6 Å². The summed E-state index contributed by atoms with van der Waals surface area (Å²) < 4.78 is 7.07. The molecule has 5 aromatic carbocycles. The first-order valence-corrected chi connectivity index (χ1v) is 17.2. The molecule has 0 aliphatic rings. The molecule has 236 valence electrons. The normalized spacial score (nSPS) is 11.6. The minimum absolute atomic E-state index is 0.910. The monoisotopic (exact) mass is 624 g/mol. The highest BCUT2D eigenvalue weighted by molar-refractivity contribution is 6.19. The lowest BCUT2D eigenvalue weighted by molar-refractivity contribution is 0.886. The third kappa shape index (κ3) is 4.63. The van der Waals surface area contributed by atoms with Gasteiger partial charge in [-0.2, -0.15) is 0 Å². The minimum atomic E-state index is 0.910. The predicted molar refractivity (Wildman–Crippen MR) is 204 cm³/mol. The highest BCUT2D eigenvalue weighted by Crippen LogP contribution is 2.39. The Hall–Kier alpha value is -5.61. The maximum Gasteiger partial charge on any atom is 0.140 e. The first-order chi connectivity index (χ1) is 23.6. The molecule has 0 radical (unpaired) electrons. The van der Waals surface area contributed by atoms with Gasteiger partial charge < -0.3 is 4.57 Å². The zero-order valence-electron chi connectivity index (χ0n) is 28.1. The number of aromatic nitrogens is 4. The fourth-order valence-corrected chi connectivity index (χ4v) is 7.33. The van der Waals surface area contributed by atoms with Crippen molar-refractivity contribution in [1.29, 1.82) is 0 Å². The van der Waals surface area contributed by atoms with Crippen molar-refractivity contribution in [2.24, 2.45) is 0 Å². The van der Waals surface area contributed by atoms with Crippen LogP contribution in [0.5, 0.6) is 0 Å². The Morgan fingerprint density at radius 1 is 0.438 bits per heavy atom. The van der Waals surface area contributed by atoms with Crippen molar-refractivity contribution in [2.75, 3.05) is 0 Å². The van der Waals surface area contributed by atoms with E-state index in [9.17, 15) is 0 Å². The zero-order valence-corrected chi connectivity index (χ0v) is 28.1. The molecule has 0 atom stereocenters. The Morgan fingerprint density at radius 3 is 1.54 bits per heavy atom. The Bertz CT molecular complexity index is 2580. The lowest BCUT2D eigenvalue weighted by atomic mass is 10.1. The molecule has 0 spiro atoms. The molecule has 0 saturated heterocycles. The van der Waals surface area contributed by atoms with Crippen LogP contribution in [0.25, 0.3) is 71.8 Å². The van der Waals surface area contributed by atoms with Crippen molar-refractivity contribution < 1.29 is 0 Å². The molecular weight excluding hydrogens is 585 g/mol. The number of unbranched alkanes of at least 4 members (excludes halogenated alkanes) is 1. The van der Waals surface area contributed by atoms with Crippen LogP contribution in [0.1, 0.15) is 44.9 Å². The summed E-state index contributed by atoms with van der Waals surface area (Å²) >= 11 is 0. The number of aryl methyl sites for hydroxylation is 1. The number of nitrogens with zero attached hydrogens (tertiary/aromatic N) is 4. The van der Waals surface area contributed by atoms with Gasteiger partial charge in [0.1, 0.15) is 11.6 Å². The van der Waals surface area contributed by atoms with Crippen LogP contribution in [0.3, 0.4) is 0 Å². The molecule has 0 N–H and O–H groups in total. The van der Waals surface area contributed by atoms with Gasteiger partial charge in [-0.1, -0.05) is 112 Å². The van der Waals surface area contributed by atoms with Crippen LogP contribution in [0.15, 0.2) is 133 Å². The smallest absolute Gasteiger partial charge is 0.140 e. The topological polar surface area (TPSA) is 27.7 Å². The van der Waals surface area contributed by atoms with Crippen LogP contribution in [0, 0.1) is 6.92 Å². The van der Waals surface area contributed by atoms with Crippen LogP contribution in [-0.2, 0) is 6.42 Å². The molecule has 0 aliphatic carbocycles. The van der Waals surface area contributed by atoms with Gasteiger partial charge in [0.2, 0.25) is 0 Å². The third-order valence-electron chi connectivity index (χ3n) is 9.74. The summed E-state index contributed by atoms with van der Waals surface area (Å²) in [7, 11) is 0. The Morgan fingerprint density at radius 2 is 0.938 bits per heavy atom. The molecule has 4 aromatic heterocycles. The lowest BCUT2D eigenvalue weighted by Crippen LogP contribution is -2.05. The summed E-state index contributed by atoms with van der Waals surface area (Å²) in [6.45, 7) is 8.82. The summed E-state index contributed by atoms with van der Waals surface area (Å²) in [6, 6.07) is 47.9. The highest BCUT2D eigenvalue weighted by Gasteiger charge is 2.20. The van der Waals surface area contributed by atoms with Crippen LogP contribution in [0.4, 0.5) is 0 Å². The molecule has 4 heteroatoms. The summed E-state index contributed by atoms with van der Waals surface area (Å²) in [5.74, 6) is 1.85. The van der Waals surface area contributed by atoms with Crippen LogP contribution < -0.4 is 0 Å². The summed E-state index contributed by atoms with van der Waals surface area (Å²) in [4.78, 5) is 5.38. The second-order valence-corrected chi connectivity index (χ2v) is 12.6. The molecule has 0 saturated carbocycles. The van der Waals surface area contributed by atoms with E-state index in [2.05, 4.69) is 175 Å². The number of hydrogen-bond acceptors (Lipinski definition) is 1. The van der Waals surface area contributed by atoms with Gasteiger partial charge in [0.15, 0.2) is 0 Å². The number of benzene rings is 5. The van der Waals surface area contributed by atoms with Gasteiger partial charge in [0.25, 0.3) is 0 Å². The molecule has 9 aromatic rings. The molecule has 0 amide bonds. The molecule has 9 rings (SSSR count). The van der Waals surface area contributed by atoms with Crippen molar-refractivity contribution in [1.82, 2.24) is 18.7 Å². The van der Waals surface area contributed by atoms with Crippen LogP contribution >= 0.6 is 0 Å². The highest BCUT2D eigenvalue weighted by atomic mass is 15.1. The zero-order chi connectivity index (χ0) is 32.8. The third-order valence-corrected chi connectivity index (χ3v) is 9.74. The summed E-state index contributed by atoms with van der Waals surface area (Å²) in [5.41, 5.74) is 9.66. The second-order valence-electron chi connectivity index (χ2n) is 12.6. The molecule has 0 aliphatic heterocycles.